The van der Waals surface area contributed by atoms with Crippen LogP contribution in [0.2, 0.25) is 0 Å². The van der Waals surface area contributed by atoms with Crippen molar-refractivity contribution in [3.8, 4) is 11.4 Å². The molecule has 5 heteroatoms. The van der Waals surface area contributed by atoms with Gasteiger partial charge in [-0.25, -0.2) is 4.98 Å². The van der Waals surface area contributed by atoms with Crippen LogP contribution in [0.3, 0.4) is 0 Å². The van der Waals surface area contributed by atoms with E-state index in [0.717, 1.165) is 44.9 Å². The predicted molar refractivity (Wildman–Crippen MR) is 110 cm³/mol. The van der Waals surface area contributed by atoms with Gasteiger partial charge in [-0.15, -0.1) is 0 Å². The number of hydrogen-bond acceptors (Lipinski definition) is 3. The van der Waals surface area contributed by atoms with E-state index in [1.807, 2.05) is 67.7 Å². The summed E-state index contributed by atoms with van der Waals surface area (Å²) in [7, 11) is 1.84. The van der Waals surface area contributed by atoms with E-state index >= 15 is 0 Å². The van der Waals surface area contributed by atoms with E-state index in [1.165, 1.54) is 0 Å². The molecular weight excluding hydrogens is 348 g/mol. The number of rotatable bonds is 0. The second kappa shape index (κ2) is 5.01. The number of nitrogens with one attached hydrogen (secondary N) is 1. The quantitative estimate of drug-likeness (QED) is 0.509. The summed E-state index contributed by atoms with van der Waals surface area (Å²) in [5.74, 6) is 0.804. The number of imidazole rings is 1. The Morgan fingerprint density at radius 3 is 2.68 bits per heavy atom. The fourth-order valence-corrected chi connectivity index (χ4v) is 4.62. The minimum absolute atomic E-state index is 0.00740. The third kappa shape index (κ3) is 1.67. The van der Waals surface area contributed by atoms with Crippen LogP contribution < -0.4 is 10.2 Å². The number of fused-ring (bicyclic) bond motifs is 8. The molecule has 2 aliphatic rings. The van der Waals surface area contributed by atoms with Gasteiger partial charge < -0.3 is 10.2 Å². The zero-order chi connectivity index (χ0) is 19.0. The molecule has 0 unspecified atom stereocenters. The second-order valence-corrected chi connectivity index (χ2v) is 7.53. The van der Waals surface area contributed by atoms with Gasteiger partial charge in [0.15, 0.2) is 0 Å². The van der Waals surface area contributed by atoms with E-state index in [2.05, 4.69) is 22.9 Å². The van der Waals surface area contributed by atoms with Gasteiger partial charge in [0.05, 0.1) is 16.7 Å². The van der Waals surface area contributed by atoms with E-state index in [1.54, 1.807) is 4.90 Å². The lowest BCUT2D eigenvalue weighted by Crippen LogP contribution is -2.52. The van der Waals surface area contributed by atoms with Gasteiger partial charge in [-0.3, -0.25) is 9.36 Å². The molecule has 1 N–H and O–H groups in total. The highest BCUT2D eigenvalue weighted by molar-refractivity contribution is 6.11. The smallest absolute Gasteiger partial charge is 0.278 e. The summed E-state index contributed by atoms with van der Waals surface area (Å²) in [6, 6.07) is 22.2. The van der Waals surface area contributed by atoms with Gasteiger partial charge in [0.2, 0.25) is 5.66 Å². The lowest BCUT2D eigenvalue weighted by molar-refractivity contribution is -0.122. The van der Waals surface area contributed by atoms with Crippen LogP contribution in [0.4, 0.5) is 11.4 Å². The average molecular weight is 366 g/mol. The van der Waals surface area contributed by atoms with Gasteiger partial charge in [0.1, 0.15) is 5.82 Å². The topological polar surface area (TPSA) is 50.2 Å². The number of carbonyl (C=O) groups excluding carboxylic acids is 1. The Morgan fingerprint density at radius 2 is 1.79 bits per heavy atom. The third-order valence-corrected chi connectivity index (χ3v) is 5.90. The molecule has 3 aromatic carbocycles. The van der Waals surface area contributed by atoms with Crippen LogP contribution in [0.1, 0.15) is 11.1 Å². The maximum Gasteiger partial charge on any atom is 0.278 e. The van der Waals surface area contributed by atoms with Crippen molar-refractivity contribution in [1.82, 2.24) is 9.55 Å². The number of amides is 1. The summed E-state index contributed by atoms with van der Waals surface area (Å²) in [6.45, 7) is 2.06. The van der Waals surface area contributed by atoms with Gasteiger partial charge in [-0.1, -0.05) is 35.9 Å². The number of anilines is 2. The number of likely N-dealkylation sites (N-methyl/N-ethyl adjacent to an activating group) is 1. The van der Waals surface area contributed by atoms with E-state index in [9.17, 15) is 4.79 Å². The highest BCUT2D eigenvalue weighted by Crippen LogP contribution is 2.50. The van der Waals surface area contributed by atoms with Crippen molar-refractivity contribution in [3.63, 3.8) is 0 Å². The summed E-state index contributed by atoms with van der Waals surface area (Å²) >= 11 is 0. The highest BCUT2D eigenvalue weighted by atomic mass is 16.2. The Balaban J connectivity index is 1.81. The van der Waals surface area contributed by atoms with Gasteiger partial charge >= 0.3 is 0 Å². The average Bonchev–Trinajstić information content (AvgIpc) is 3.20. The molecule has 6 rings (SSSR count). The minimum atomic E-state index is -1.05. The van der Waals surface area contributed by atoms with E-state index in [4.69, 9.17) is 4.98 Å². The summed E-state index contributed by atoms with van der Waals surface area (Å²) in [4.78, 5) is 20.4. The Morgan fingerprint density at radius 1 is 1.00 bits per heavy atom. The van der Waals surface area contributed by atoms with Crippen molar-refractivity contribution in [2.75, 3.05) is 17.3 Å². The van der Waals surface area contributed by atoms with Crippen molar-refractivity contribution in [2.45, 2.75) is 12.6 Å². The summed E-state index contributed by atoms with van der Waals surface area (Å²) in [5.41, 5.74) is 5.69. The van der Waals surface area contributed by atoms with Crippen molar-refractivity contribution < 1.29 is 4.79 Å². The van der Waals surface area contributed by atoms with Crippen LogP contribution in [0.25, 0.3) is 22.4 Å². The predicted octanol–water partition coefficient (Wildman–Crippen LogP) is 4.11. The monoisotopic (exact) mass is 366 g/mol. The molecule has 2 aliphatic heterocycles. The maximum atomic E-state index is 13.8. The largest absolute Gasteiger partial charge is 0.350 e. The van der Waals surface area contributed by atoms with Crippen LogP contribution in [0.15, 0.2) is 66.7 Å². The molecule has 0 bridgehead atoms. The Labute approximate surface area is 162 Å². The fraction of sp³-hybridized carbons (Fsp3) is 0.130. The van der Waals surface area contributed by atoms with Crippen LogP contribution in [0.5, 0.6) is 0 Å². The molecule has 1 atom stereocenters. The van der Waals surface area contributed by atoms with Gasteiger partial charge in [-0.05, 0) is 43.3 Å². The van der Waals surface area contributed by atoms with E-state index in [-0.39, 0.29) is 5.91 Å². The molecule has 136 valence electrons. The lowest BCUT2D eigenvalue weighted by atomic mass is 9.94. The molecule has 1 spiro atoms. The molecule has 0 saturated heterocycles. The summed E-state index contributed by atoms with van der Waals surface area (Å²) in [5, 5.41) is 3.60. The van der Waals surface area contributed by atoms with Crippen LogP contribution >= 0.6 is 0 Å². The number of benzene rings is 3. The van der Waals surface area contributed by atoms with E-state index < -0.39 is 5.66 Å². The Hall–Kier alpha value is -3.60. The summed E-state index contributed by atoms with van der Waals surface area (Å²) < 4.78 is 2.08. The number of aromatic nitrogens is 2. The normalized spacial score (nSPS) is 19.5. The van der Waals surface area contributed by atoms with Crippen LogP contribution in [-0.2, 0) is 10.5 Å². The molecule has 1 aromatic heterocycles. The third-order valence-electron chi connectivity index (χ3n) is 5.90. The van der Waals surface area contributed by atoms with Crippen LogP contribution in [-0.4, -0.2) is 22.5 Å². The van der Waals surface area contributed by atoms with Gasteiger partial charge in [-0.2, -0.15) is 0 Å². The van der Waals surface area contributed by atoms with Crippen LogP contribution in [0, 0.1) is 6.92 Å². The maximum absolute atomic E-state index is 13.8. The molecule has 0 saturated carbocycles. The van der Waals surface area contributed by atoms with Crippen molar-refractivity contribution in [2.24, 2.45) is 0 Å². The first-order chi connectivity index (χ1) is 13.6. The fourth-order valence-electron chi connectivity index (χ4n) is 4.62. The van der Waals surface area contributed by atoms with Crippen molar-refractivity contribution in [1.29, 1.82) is 0 Å². The molecule has 5 nitrogen and oxygen atoms in total. The summed E-state index contributed by atoms with van der Waals surface area (Å²) in [6.07, 6.45) is 0. The molecule has 0 fully saturated rings. The van der Waals surface area contributed by atoms with Crippen molar-refractivity contribution >= 4 is 28.3 Å². The number of hydrogen-bond donors (Lipinski definition) is 1. The first kappa shape index (κ1) is 15.5. The second-order valence-electron chi connectivity index (χ2n) is 7.53. The highest BCUT2D eigenvalue weighted by Gasteiger charge is 2.55. The molecule has 0 aliphatic carbocycles. The first-order valence-electron chi connectivity index (χ1n) is 9.36. The lowest BCUT2D eigenvalue weighted by Gasteiger charge is -2.38. The van der Waals surface area contributed by atoms with Gasteiger partial charge in [0, 0.05) is 23.9 Å². The SMILES string of the molecule is Cc1ccc2c(c1)[C@]1(Nc3ccccc3-c3nc4ccccc4n31)C(=O)N2C. The molecule has 28 heavy (non-hydrogen) atoms. The molecular formula is C23H18N4O. The minimum Gasteiger partial charge on any atom is -0.350 e. The number of nitrogens with zero attached hydrogens (tertiary/aromatic N) is 3. The molecule has 4 aromatic rings. The zero-order valence-corrected chi connectivity index (χ0v) is 15.6. The Kier molecular flexibility index (Phi) is 2.77. The van der Waals surface area contributed by atoms with E-state index in [0.29, 0.717) is 0 Å². The zero-order valence-electron chi connectivity index (χ0n) is 15.6. The van der Waals surface area contributed by atoms with Gasteiger partial charge in [0.25, 0.3) is 5.91 Å². The molecule has 3 heterocycles. The molecule has 1 amide bonds. The standard InChI is InChI=1S/C23H18N4O/c1-14-11-12-19-16(13-14)23(22(28)26(19)2)25-17-8-4-3-7-15(17)21-24-18-9-5-6-10-20(18)27(21)23/h3-13,25H,1-2H3/t23-/m1/s1. The Bertz CT molecular complexity index is 1310. The first-order valence-corrected chi connectivity index (χ1v) is 9.36. The number of para-hydroxylation sites is 3. The number of carbonyl (C=O) groups is 1. The van der Waals surface area contributed by atoms with Crippen molar-refractivity contribution in [3.05, 3.63) is 77.9 Å². The number of aryl methyl sites for hydroxylation is 1. The molecule has 0 radical (unpaired) electrons.